The van der Waals surface area contributed by atoms with Crippen LogP contribution in [0.5, 0.6) is 5.75 Å². The number of carbonyl (C=O) groups is 2. The van der Waals surface area contributed by atoms with Gasteiger partial charge in [-0.05, 0) is 70.4 Å². The summed E-state index contributed by atoms with van der Waals surface area (Å²) in [5, 5.41) is 6.64. The third kappa shape index (κ3) is 5.39. The second-order valence-electron chi connectivity index (χ2n) is 7.06. The van der Waals surface area contributed by atoms with E-state index in [0.717, 1.165) is 21.9 Å². The second kappa shape index (κ2) is 9.90. The Balaban J connectivity index is 1.33. The van der Waals surface area contributed by atoms with Crippen LogP contribution in [0.4, 0.5) is 0 Å². The summed E-state index contributed by atoms with van der Waals surface area (Å²) >= 11 is 5.82. The Hall–Kier alpha value is -3.96. The summed E-state index contributed by atoms with van der Waals surface area (Å²) in [5.41, 5.74) is 4.59. The van der Waals surface area contributed by atoms with Gasteiger partial charge in [-0.3, -0.25) is 9.59 Å². The topological polar surface area (TPSA) is 67.8 Å². The van der Waals surface area contributed by atoms with Crippen molar-refractivity contribution in [1.29, 1.82) is 0 Å². The average Bonchev–Trinajstić information content (AvgIpc) is 2.81. The molecule has 4 aromatic carbocycles. The first kappa shape index (κ1) is 21.3. The number of hydrazone groups is 1. The summed E-state index contributed by atoms with van der Waals surface area (Å²) in [5.74, 6) is -0.229. The Bertz CT molecular complexity index is 1280. The van der Waals surface area contributed by atoms with E-state index in [1.807, 2.05) is 42.5 Å². The lowest BCUT2D eigenvalue weighted by molar-refractivity contribution is -0.133. The van der Waals surface area contributed by atoms with Crippen molar-refractivity contribution in [3.05, 3.63) is 113 Å². The van der Waals surface area contributed by atoms with Crippen molar-refractivity contribution in [2.75, 3.05) is 0 Å². The van der Waals surface area contributed by atoms with Gasteiger partial charge in [0.25, 0.3) is 5.91 Å². The molecule has 0 heterocycles. The summed E-state index contributed by atoms with van der Waals surface area (Å²) in [7, 11) is 0. The smallest absolute Gasteiger partial charge is 0.315 e. The Kier molecular flexibility index (Phi) is 6.58. The largest absolute Gasteiger partial charge is 0.426 e. The summed E-state index contributed by atoms with van der Waals surface area (Å²) in [4.78, 5) is 24.4. The lowest BCUT2D eigenvalue weighted by atomic mass is 10.0. The first-order valence-corrected chi connectivity index (χ1v) is 10.3. The molecule has 1 N–H and O–H groups in total. The molecule has 0 saturated carbocycles. The molecule has 158 valence electrons. The van der Waals surface area contributed by atoms with E-state index >= 15 is 0 Å². The predicted octanol–water partition coefficient (Wildman–Crippen LogP) is 5.41. The molecule has 6 heteroatoms. The number of carbonyl (C=O) groups excluding carboxylic acids is 2. The van der Waals surface area contributed by atoms with Crippen molar-refractivity contribution < 1.29 is 14.3 Å². The van der Waals surface area contributed by atoms with Gasteiger partial charge in [0.05, 0.1) is 12.6 Å². The number of fused-ring (bicyclic) bond motifs is 1. The highest BCUT2D eigenvalue weighted by Gasteiger charge is 2.09. The summed E-state index contributed by atoms with van der Waals surface area (Å²) in [6, 6.07) is 27.2. The van der Waals surface area contributed by atoms with Gasteiger partial charge in [-0.2, -0.15) is 5.10 Å². The van der Waals surface area contributed by atoms with Crippen molar-refractivity contribution >= 4 is 40.5 Å². The minimum absolute atomic E-state index is 0.182. The van der Waals surface area contributed by atoms with Gasteiger partial charge >= 0.3 is 5.97 Å². The van der Waals surface area contributed by atoms with Crippen LogP contribution in [0.1, 0.15) is 21.5 Å². The standard InChI is InChI=1S/C26H19ClN2O3/c27-22-12-10-20(11-13-22)26(31)29-28-17-18-8-14-23(15-9-18)32-25(30)16-21-6-3-5-19-4-1-2-7-24(19)21/h1-15,17H,16H2,(H,29,31). The SMILES string of the molecule is O=C(Cc1cccc2ccccc12)Oc1ccc(C=NNC(=O)c2ccc(Cl)cc2)cc1. The average molecular weight is 443 g/mol. The van der Waals surface area contributed by atoms with Crippen molar-refractivity contribution in [2.45, 2.75) is 6.42 Å². The van der Waals surface area contributed by atoms with Gasteiger partial charge in [0.1, 0.15) is 5.75 Å². The van der Waals surface area contributed by atoms with E-state index in [9.17, 15) is 9.59 Å². The zero-order valence-corrected chi connectivity index (χ0v) is 17.8. The van der Waals surface area contributed by atoms with E-state index < -0.39 is 0 Å². The molecule has 32 heavy (non-hydrogen) atoms. The van der Waals surface area contributed by atoms with Gasteiger partial charge in [0.15, 0.2) is 0 Å². The number of nitrogens with zero attached hydrogens (tertiary/aromatic N) is 1. The Labute approximate surface area is 190 Å². The van der Waals surface area contributed by atoms with Crippen molar-refractivity contribution in [2.24, 2.45) is 5.10 Å². The number of amides is 1. The van der Waals surface area contributed by atoms with Crippen molar-refractivity contribution in [3.63, 3.8) is 0 Å². The molecular weight excluding hydrogens is 424 g/mol. The zero-order valence-electron chi connectivity index (χ0n) is 17.0. The number of nitrogens with one attached hydrogen (secondary N) is 1. The van der Waals surface area contributed by atoms with Crippen LogP contribution in [-0.4, -0.2) is 18.1 Å². The monoisotopic (exact) mass is 442 g/mol. The fourth-order valence-electron chi connectivity index (χ4n) is 3.22. The van der Waals surface area contributed by atoms with Gasteiger partial charge in [-0.25, -0.2) is 5.43 Å². The molecule has 1 amide bonds. The molecule has 0 atom stereocenters. The number of benzene rings is 4. The molecule has 0 saturated heterocycles. The van der Waals surface area contributed by atoms with E-state index in [-0.39, 0.29) is 18.3 Å². The fourth-order valence-corrected chi connectivity index (χ4v) is 3.35. The molecule has 0 aliphatic rings. The minimum Gasteiger partial charge on any atom is -0.426 e. The molecule has 0 fully saturated rings. The predicted molar refractivity (Wildman–Crippen MR) is 126 cm³/mol. The molecule has 0 aliphatic carbocycles. The lowest BCUT2D eigenvalue weighted by Crippen LogP contribution is -2.17. The van der Waals surface area contributed by atoms with Crippen LogP contribution in [-0.2, 0) is 11.2 Å². The lowest BCUT2D eigenvalue weighted by Gasteiger charge is -2.07. The molecule has 0 bridgehead atoms. The highest BCUT2D eigenvalue weighted by molar-refractivity contribution is 6.30. The van der Waals surface area contributed by atoms with Crippen LogP contribution in [0.3, 0.4) is 0 Å². The van der Waals surface area contributed by atoms with E-state index in [0.29, 0.717) is 16.3 Å². The first-order valence-electron chi connectivity index (χ1n) is 9.95. The van der Waals surface area contributed by atoms with E-state index in [1.165, 1.54) is 6.21 Å². The maximum absolute atomic E-state index is 12.4. The summed E-state index contributed by atoms with van der Waals surface area (Å²) < 4.78 is 5.47. The number of halogens is 1. The quantitative estimate of drug-likeness (QED) is 0.188. The minimum atomic E-state index is -0.336. The number of hydrogen-bond donors (Lipinski definition) is 1. The van der Waals surface area contributed by atoms with Crippen LogP contribution >= 0.6 is 11.6 Å². The number of hydrogen-bond acceptors (Lipinski definition) is 4. The highest BCUT2D eigenvalue weighted by atomic mass is 35.5. The molecule has 0 aliphatic heterocycles. The van der Waals surface area contributed by atoms with Gasteiger partial charge in [-0.1, -0.05) is 54.1 Å². The molecular formula is C26H19ClN2O3. The van der Waals surface area contributed by atoms with Crippen LogP contribution in [0, 0.1) is 0 Å². The molecule has 0 unspecified atom stereocenters. The van der Waals surface area contributed by atoms with E-state index in [2.05, 4.69) is 10.5 Å². The number of ether oxygens (including phenoxy) is 1. The molecule has 5 nitrogen and oxygen atoms in total. The molecule has 0 spiro atoms. The zero-order chi connectivity index (χ0) is 22.3. The van der Waals surface area contributed by atoms with Crippen LogP contribution in [0.2, 0.25) is 5.02 Å². The van der Waals surface area contributed by atoms with Crippen molar-refractivity contribution in [1.82, 2.24) is 5.43 Å². The van der Waals surface area contributed by atoms with Gasteiger partial charge in [-0.15, -0.1) is 0 Å². The fraction of sp³-hybridized carbons (Fsp3) is 0.0385. The van der Waals surface area contributed by atoms with Crippen LogP contribution < -0.4 is 10.2 Å². The van der Waals surface area contributed by atoms with Crippen LogP contribution in [0.15, 0.2) is 96.1 Å². The maximum Gasteiger partial charge on any atom is 0.315 e. The molecule has 0 aromatic heterocycles. The number of rotatable bonds is 6. The third-order valence-electron chi connectivity index (χ3n) is 4.81. The normalized spacial score (nSPS) is 10.9. The third-order valence-corrected chi connectivity index (χ3v) is 5.06. The summed E-state index contributed by atoms with van der Waals surface area (Å²) in [6.45, 7) is 0. The van der Waals surface area contributed by atoms with Gasteiger partial charge in [0.2, 0.25) is 0 Å². The summed E-state index contributed by atoms with van der Waals surface area (Å²) in [6.07, 6.45) is 1.69. The maximum atomic E-state index is 12.4. The van der Waals surface area contributed by atoms with Crippen LogP contribution in [0.25, 0.3) is 10.8 Å². The first-order chi connectivity index (χ1) is 15.6. The number of esters is 1. The second-order valence-corrected chi connectivity index (χ2v) is 7.50. The van der Waals surface area contributed by atoms with E-state index in [4.69, 9.17) is 16.3 Å². The van der Waals surface area contributed by atoms with Gasteiger partial charge < -0.3 is 4.74 Å². The Morgan fingerprint density at radius 3 is 2.38 bits per heavy atom. The van der Waals surface area contributed by atoms with Gasteiger partial charge in [0, 0.05) is 10.6 Å². The Morgan fingerprint density at radius 2 is 1.59 bits per heavy atom. The molecule has 4 rings (SSSR count). The van der Waals surface area contributed by atoms with E-state index in [1.54, 1.807) is 48.5 Å². The molecule has 4 aromatic rings. The molecule has 0 radical (unpaired) electrons. The van der Waals surface area contributed by atoms with Crippen molar-refractivity contribution in [3.8, 4) is 5.75 Å². The Morgan fingerprint density at radius 1 is 0.875 bits per heavy atom. The highest BCUT2D eigenvalue weighted by Crippen LogP contribution is 2.20.